The average Bonchev–Trinajstić information content (AvgIpc) is 3.28. The number of fused-ring (bicyclic) bond motifs is 2. The van der Waals surface area contributed by atoms with Crippen LogP contribution in [0.2, 0.25) is 5.02 Å². The lowest BCUT2D eigenvalue weighted by molar-refractivity contribution is -0.122. The Balaban J connectivity index is 0.000000917. The molecule has 4 heterocycles. The van der Waals surface area contributed by atoms with Crippen LogP contribution < -0.4 is 10.6 Å². The fourth-order valence-corrected chi connectivity index (χ4v) is 3.89. The summed E-state index contributed by atoms with van der Waals surface area (Å²) < 4.78 is 1.92. The van der Waals surface area contributed by atoms with Gasteiger partial charge >= 0.3 is 0 Å². The summed E-state index contributed by atoms with van der Waals surface area (Å²) in [6.07, 6.45) is 7.03. The Kier molecular flexibility index (Phi) is 7.32. The van der Waals surface area contributed by atoms with Crippen molar-refractivity contribution in [3.8, 4) is 0 Å². The molecular weight excluding hydrogens is 468 g/mol. The molecule has 178 valence electrons. The molecule has 0 saturated carbocycles. The number of aryl methyl sites for hydroxylation is 1. The van der Waals surface area contributed by atoms with Crippen LogP contribution in [0.1, 0.15) is 24.2 Å². The van der Waals surface area contributed by atoms with Crippen molar-refractivity contribution in [2.75, 3.05) is 10.6 Å². The van der Waals surface area contributed by atoms with Gasteiger partial charge in [0.05, 0.1) is 40.7 Å². The van der Waals surface area contributed by atoms with E-state index in [0.717, 1.165) is 39.0 Å². The first-order valence-corrected chi connectivity index (χ1v) is 11.1. The third-order valence-electron chi connectivity index (χ3n) is 5.24. The first-order chi connectivity index (χ1) is 17.0. The number of hydrogen-bond acceptors (Lipinski definition) is 8. The zero-order valence-corrected chi connectivity index (χ0v) is 19.8. The van der Waals surface area contributed by atoms with E-state index in [1.807, 2.05) is 48.1 Å². The highest BCUT2D eigenvalue weighted by atomic mass is 35.5. The lowest BCUT2D eigenvalue weighted by Gasteiger charge is -2.20. The Morgan fingerprint density at radius 2 is 1.94 bits per heavy atom. The minimum atomic E-state index is -0.250. The summed E-state index contributed by atoms with van der Waals surface area (Å²) in [4.78, 5) is 30.8. The lowest BCUT2D eigenvalue weighted by atomic mass is 10.1. The van der Waals surface area contributed by atoms with Gasteiger partial charge in [0.1, 0.15) is 17.7 Å². The number of nitrogens with zero attached hydrogens (tertiary/aromatic N) is 6. The molecule has 1 aromatic carbocycles. The first-order valence-electron chi connectivity index (χ1n) is 10.7. The maximum absolute atomic E-state index is 8.36. The minimum Gasteiger partial charge on any atom is -0.483 e. The van der Waals surface area contributed by atoms with E-state index in [0.29, 0.717) is 17.4 Å². The Hall–Kier alpha value is -4.31. The number of para-hydroxylation sites is 1. The molecular formula is C24H23ClN8O2. The third kappa shape index (κ3) is 5.44. The van der Waals surface area contributed by atoms with Gasteiger partial charge in [-0.3, -0.25) is 9.78 Å². The molecule has 0 spiro atoms. The summed E-state index contributed by atoms with van der Waals surface area (Å²) in [6, 6.07) is 11.5. The Morgan fingerprint density at radius 1 is 1.11 bits per heavy atom. The lowest BCUT2D eigenvalue weighted by Crippen LogP contribution is -2.13. The van der Waals surface area contributed by atoms with Crippen molar-refractivity contribution in [2.45, 2.75) is 19.5 Å². The van der Waals surface area contributed by atoms with Gasteiger partial charge in [-0.15, -0.1) is 0 Å². The van der Waals surface area contributed by atoms with Crippen LogP contribution in [0, 0.1) is 0 Å². The second-order valence-electron chi connectivity index (χ2n) is 7.69. The van der Waals surface area contributed by atoms with Crippen molar-refractivity contribution < 1.29 is 9.90 Å². The van der Waals surface area contributed by atoms with E-state index in [9.17, 15) is 0 Å². The van der Waals surface area contributed by atoms with Crippen LogP contribution in [0.15, 0.2) is 61.4 Å². The van der Waals surface area contributed by atoms with Gasteiger partial charge in [-0.1, -0.05) is 23.7 Å². The molecule has 5 rings (SSSR count). The van der Waals surface area contributed by atoms with E-state index in [2.05, 4.69) is 43.6 Å². The Bertz CT molecular complexity index is 1470. The maximum Gasteiger partial charge on any atom is 0.290 e. The minimum absolute atomic E-state index is 0.114. The predicted molar refractivity (Wildman–Crippen MR) is 135 cm³/mol. The molecule has 0 fully saturated rings. The molecule has 10 nitrogen and oxygen atoms in total. The molecule has 0 aliphatic carbocycles. The van der Waals surface area contributed by atoms with E-state index in [-0.39, 0.29) is 12.5 Å². The quantitative estimate of drug-likeness (QED) is 0.295. The fourth-order valence-electron chi connectivity index (χ4n) is 3.66. The topological polar surface area (TPSA) is 131 Å². The van der Waals surface area contributed by atoms with Gasteiger partial charge in [-0.2, -0.15) is 0 Å². The molecule has 0 saturated heterocycles. The summed E-state index contributed by atoms with van der Waals surface area (Å²) >= 11 is 6.43. The molecule has 0 aliphatic heterocycles. The molecule has 5 aromatic rings. The van der Waals surface area contributed by atoms with Crippen LogP contribution in [0.4, 0.5) is 11.6 Å². The van der Waals surface area contributed by atoms with Crippen molar-refractivity contribution in [2.24, 2.45) is 7.05 Å². The summed E-state index contributed by atoms with van der Waals surface area (Å²) in [7, 11) is 1.95. The molecule has 0 bridgehead atoms. The molecule has 0 amide bonds. The number of nitrogens with one attached hydrogen (secondary N) is 2. The Morgan fingerprint density at radius 3 is 2.71 bits per heavy atom. The number of carbonyl (C=O) groups is 1. The van der Waals surface area contributed by atoms with Crippen molar-refractivity contribution in [1.29, 1.82) is 0 Å². The number of halogens is 1. The summed E-state index contributed by atoms with van der Waals surface area (Å²) in [5.41, 5.74) is 4.17. The summed E-state index contributed by atoms with van der Waals surface area (Å²) in [5, 5.41) is 15.4. The van der Waals surface area contributed by atoms with Crippen LogP contribution in [0.5, 0.6) is 0 Å². The van der Waals surface area contributed by atoms with Gasteiger partial charge in [0.2, 0.25) is 0 Å². The SMILES string of the molecule is C[C@H](Nc1ncnc2cccnc12)c1cc2cccc(Cl)c2nc1NCc1cn(C)cn1.O=CO. The number of anilines is 2. The smallest absolute Gasteiger partial charge is 0.290 e. The van der Waals surface area contributed by atoms with E-state index < -0.39 is 0 Å². The first kappa shape index (κ1) is 23.8. The number of rotatable bonds is 6. The van der Waals surface area contributed by atoms with Crippen molar-refractivity contribution in [3.63, 3.8) is 0 Å². The zero-order valence-electron chi connectivity index (χ0n) is 19.1. The monoisotopic (exact) mass is 490 g/mol. The predicted octanol–water partition coefficient (Wildman–Crippen LogP) is 4.45. The molecule has 4 aromatic heterocycles. The number of hydrogen-bond donors (Lipinski definition) is 3. The number of carboxylic acid groups (broad SMARTS) is 1. The van der Waals surface area contributed by atoms with E-state index in [4.69, 9.17) is 26.5 Å². The second kappa shape index (κ2) is 10.7. The largest absolute Gasteiger partial charge is 0.483 e. The number of imidazole rings is 1. The van der Waals surface area contributed by atoms with E-state index in [1.54, 1.807) is 12.5 Å². The second-order valence-corrected chi connectivity index (χ2v) is 8.09. The van der Waals surface area contributed by atoms with Crippen LogP contribution in [-0.2, 0) is 18.4 Å². The van der Waals surface area contributed by atoms with Crippen molar-refractivity contribution in [1.82, 2.24) is 29.5 Å². The zero-order chi connectivity index (χ0) is 24.8. The highest BCUT2D eigenvalue weighted by Gasteiger charge is 2.17. The average molecular weight is 491 g/mol. The highest BCUT2D eigenvalue weighted by Crippen LogP contribution is 2.32. The molecule has 11 heteroatoms. The van der Waals surface area contributed by atoms with Gasteiger partial charge in [-0.25, -0.2) is 19.9 Å². The third-order valence-corrected chi connectivity index (χ3v) is 5.54. The van der Waals surface area contributed by atoms with E-state index in [1.165, 1.54) is 6.33 Å². The van der Waals surface area contributed by atoms with Gasteiger partial charge < -0.3 is 20.3 Å². The molecule has 0 radical (unpaired) electrons. The van der Waals surface area contributed by atoms with Crippen LogP contribution in [-0.4, -0.2) is 41.1 Å². The normalized spacial score (nSPS) is 11.5. The Labute approximate surface area is 206 Å². The van der Waals surface area contributed by atoms with Gasteiger partial charge in [0.15, 0.2) is 5.82 Å². The fraction of sp³-hybridized carbons (Fsp3) is 0.167. The number of aromatic nitrogens is 6. The number of pyridine rings is 2. The van der Waals surface area contributed by atoms with Gasteiger partial charge in [0, 0.05) is 30.4 Å². The van der Waals surface area contributed by atoms with Crippen LogP contribution in [0.3, 0.4) is 0 Å². The van der Waals surface area contributed by atoms with Crippen LogP contribution in [0.25, 0.3) is 21.9 Å². The summed E-state index contributed by atoms with van der Waals surface area (Å²) in [6.45, 7) is 2.36. The molecule has 0 unspecified atom stereocenters. The van der Waals surface area contributed by atoms with Crippen LogP contribution >= 0.6 is 11.6 Å². The van der Waals surface area contributed by atoms with Gasteiger partial charge in [0.25, 0.3) is 6.47 Å². The number of benzene rings is 1. The molecule has 0 aliphatic rings. The molecule has 3 N–H and O–H groups in total. The molecule has 1 atom stereocenters. The highest BCUT2D eigenvalue weighted by molar-refractivity contribution is 6.35. The van der Waals surface area contributed by atoms with E-state index >= 15 is 0 Å². The van der Waals surface area contributed by atoms with Gasteiger partial charge in [-0.05, 0) is 31.2 Å². The maximum atomic E-state index is 8.36. The standard InChI is InChI=1S/C23H21ClN8.CH2O2/c1-14(30-23-21-19(27-12-28-23)7-4-8-25-21)17-9-15-5-3-6-18(24)20(15)31-22(17)26-10-16-11-32(2)13-29-16;2-1-3/h3-9,11-14H,10H2,1-2H3,(H,26,31)(H,27,28,30);1H,(H,2,3)/t14-;/m0./s1. The summed E-state index contributed by atoms with van der Waals surface area (Å²) in [5.74, 6) is 1.41. The van der Waals surface area contributed by atoms with Crippen molar-refractivity contribution in [3.05, 3.63) is 77.7 Å². The molecule has 35 heavy (non-hydrogen) atoms. The van der Waals surface area contributed by atoms with Crippen molar-refractivity contribution >= 4 is 51.6 Å².